The van der Waals surface area contributed by atoms with E-state index in [2.05, 4.69) is 20.5 Å². The molecule has 0 radical (unpaired) electrons. The molecule has 0 saturated carbocycles. The molecule has 1 N–H and O–H groups in total. The average molecular weight is 415 g/mol. The zero-order chi connectivity index (χ0) is 18.6. The van der Waals surface area contributed by atoms with Crippen molar-refractivity contribution >= 4 is 56.8 Å². The van der Waals surface area contributed by atoms with Gasteiger partial charge in [0.15, 0.2) is 4.34 Å². The standard InChI is InChI=1S/C18H11ClN4O2S2/c19-11-6-7-13-14(10-11)20-9-8-15(13)26-18-23-22-16(27-18)21-17(24)25-12-4-2-1-3-5-12/h1-10H,(H,21,22,24). The lowest BCUT2D eigenvalue weighted by Crippen LogP contribution is -2.16. The van der Waals surface area contributed by atoms with Crippen LogP contribution in [-0.4, -0.2) is 21.3 Å². The lowest BCUT2D eigenvalue weighted by atomic mass is 10.2. The van der Waals surface area contributed by atoms with Gasteiger partial charge in [-0.25, -0.2) is 4.79 Å². The number of carbonyl (C=O) groups is 1. The van der Waals surface area contributed by atoms with Gasteiger partial charge in [-0.15, -0.1) is 10.2 Å². The maximum atomic E-state index is 11.9. The number of nitrogens with one attached hydrogen (secondary N) is 1. The van der Waals surface area contributed by atoms with E-state index in [-0.39, 0.29) is 0 Å². The summed E-state index contributed by atoms with van der Waals surface area (Å²) >= 11 is 8.73. The number of ether oxygens (including phenoxy) is 1. The van der Waals surface area contributed by atoms with Crippen molar-refractivity contribution in [2.45, 2.75) is 9.24 Å². The minimum Gasteiger partial charge on any atom is -0.410 e. The van der Waals surface area contributed by atoms with E-state index in [0.717, 1.165) is 15.8 Å². The quantitative estimate of drug-likeness (QED) is 0.444. The lowest BCUT2D eigenvalue weighted by molar-refractivity contribution is 0.215. The molecule has 2 aromatic carbocycles. The fourth-order valence-corrected chi connectivity index (χ4v) is 4.27. The van der Waals surface area contributed by atoms with Gasteiger partial charge >= 0.3 is 6.09 Å². The first kappa shape index (κ1) is 17.7. The number of hydrogen-bond acceptors (Lipinski definition) is 7. The van der Waals surface area contributed by atoms with Gasteiger partial charge in [0.25, 0.3) is 0 Å². The van der Waals surface area contributed by atoms with Crippen molar-refractivity contribution in [2.24, 2.45) is 0 Å². The molecule has 0 saturated heterocycles. The number of para-hydroxylation sites is 1. The second kappa shape index (κ2) is 7.91. The van der Waals surface area contributed by atoms with Gasteiger partial charge in [0, 0.05) is 21.5 Å². The number of carbonyl (C=O) groups excluding carboxylic acids is 1. The number of benzene rings is 2. The smallest absolute Gasteiger partial charge is 0.410 e. The number of hydrogen-bond donors (Lipinski definition) is 1. The number of nitrogens with zero attached hydrogens (tertiary/aromatic N) is 3. The Bertz CT molecular complexity index is 1100. The molecule has 0 aliphatic heterocycles. The number of fused-ring (bicyclic) bond motifs is 1. The maximum Gasteiger partial charge on any atom is 0.418 e. The summed E-state index contributed by atoms with van der Waals surface area (Å²) in [5.74, 6) is 0.455. The topological polar surface area (TPSA) is 77.0 Å². The summed E-state index contributed by atoms with van der Waals surface area (Å²) in [5.41, 5.74) is 0.807. The molecule has 2 aromatic heterocycles. The van der Waals surface area contributed by atoms with E-state index in [1.165, 1.54) is 23.1 Å². The predicted molar refractivity (Wildman–Crippen MR) is 107 cm³/mol. The average Bonchev–Trinajstić information content (AvgIpc) is 3.09. The predicted octanol–water partition coefficient (Wildman–Crippen LogP) is 5.50. The highest BCUT2D eigenvalue weighted by Gasteiger charge is 2.12. The Balaban J connectivity index is 1.46. The summed E-state index contributed by atoms with van der Waals surface area (Å²) in [5, 5.41) is 12.6. The first-order chi connectivity index (χ1) is 13.2. The van der Waals surface area contributed by atoms with Gasteiger partial charge in [-0.3, -0.25) is 10.3 Å². The van der Waals surface area contributed by atoms with E-state index in [0.29, 0.717) is 20.2 Å². The SMILES string of the molecule is O=C(Nc1nnc(Sc2ccnc3cc(Cl)ccc23)s1)Oc1ccccc1. The Kier molecular flexibility index (Phi) is 5.19. The number of anilines is 1. The fourth-order valence-electron chi connectivity index (χ4n) is 2.29. The van der Waals surface area contributed by atoms with Crippen LogP contribution in [-0.2, 0) is 0 Å². The van der Waals surface area contributed by atoms with Crippen molar-refractivity contribution in [1.82, 2.24) is 15.2 Å². The highest BCUT2D eigenvalue weighted by atomic mass is 35.5. The lowest BCUT2D eigenvalue weighted by Gasteiger charge is -2.04. The zero-order valence-corrected chi connectivity index (χ0v) is 16.0. The van der Waals surface area contributed by atoms with Crippen LogP contribution in [0.3, 0.4) is 0 Å². The molecule has 0 bridgehead atoms. The Morgan fingerprint density at radius 3 is 2.81 bits per heavy atom. The molecular weight excluding hydrogens is 404 g/mol. The van der Waals surface area contributed by atoms with Crippen LogP contribution in [0.2, 0.25) is 5.02 Å². The molecule has 2 heterocycles. The fraction of sp³-hybridized carbons (Fsp3) is 0. The highest BCUT2D eigenvalue weighted by molar-refractivity contribution is 8.01. The van der Waals surface area contributed by atoms with Crippen LogP contribution in [0.25, 0.3) is 10.9 Å². The van der Waals surface area contributed by atoms with E-state index >= 15 is 0 Å². The molecule has 4 rings (SSSR count). The van der Waals surface area contributed by atoms with Gasteiger partial charge in [-0.05, 0) is 30.3 Å². The monoisotopic (exact) mass is 414 g/mol. The third-order valence-corrected chi connectivity index (χ3v) is 5.63. The van der Waals surface area contributed by atoms with Gasteiger partial charge in [-0.1, -0.05) is 59.0 Å². The maximum absolute atomic E-state index is 11.9. The number of amides is 1. The number of aromatic nitrogens is 3. The number of rotatable bonds is 4. The van der Waals surface area contributed by atoms with E-state index in [9.17, 15) is 4.79 Å². The molecule has 0 fully saturated rings. The Hall–Kier alpha value is -2.68. The van der Waals surface area contributed by atoms with Gasteiger partial charge in [0.2, 0.25) is 5.13 Å². The minimum atomic E-state index is -0.613. The van der Waals surface area contributed by atoms with Gasteiger partial charge in [0.05, 0.1) is 5.52 Å². The van der Waals surface area contributed by atoms with E-state index < -0.39 is 6.09 Å². The van der Waals surface area contributed by atoms with Gasteiger partial charge in [0.1, 0.15) is 5.75 Å². The van der Waals surface area contributed by atoms with Crippen LogP contribution < -0.4 is 10.1 Å². The largest absolute Gasteiger partial charge is 0.418 e. The first-order valence-electron chi connectivity index (χ1n) is 7.77. The number of halogens is 1. The highest BCUT2D eigenvalue weighted by Crippen LogP contribution is 2.36. The third-order valence-electron chi connectivity index (χ3n) is 3.43. The van der Waals surface area contributed by atoms with Crippen LogP contribution in [0.4, 0.5) is 9.93 Å². The summed E-state index contributed by atoms with van der Waals surface area (Å²) in [7, 11) is 0. The summed E-state index contributed by atoms with van der Waals surface area (Å²) in [6.45, 7) is 0. The zero-order valence-electron chi connectivity index (χ0n) is 13.6. The molecule has 0 unspecified atom stereocenters. The molecule has 1 amide bonds. The van der Waals surface area contributed by atoms with Crippen molar-refractivity contribution in [3.8, 4) is 5.75 Å². The summed E-state index contributed by atoms with van der Waals surface area (Å²) in [6, 6.07) is 16.3. The molecule has 0 spiro atoms. The van der Waals surface area contributed by atoms with Crippen LogP contribution in [0.15, 0.2) is 70.0 Å². The molecule has 9 heteroatoms. The normalized spacial score (nSPS) is 10.7. The molecule has 0 atom stereocenters. The van der Waals surface area contributed by atoms with Crippen LogP contribution in [0.1, 0.15) is 0 Å². The second-order valence-electron chi connectivity index (χ2n) is 5.27. The minimum absolute atomic E-state index is 0.361. The van der Waals surface area contributed by atoms with Crippen molar-refractivity contribution < 1.29 is 9.53 Å². The van der Waals surface area contributed by atoms with E-state index in [1.54, 1.807) is 30.5 Å². The molecule has 134 valence electrons. The van der Waals surface area contributed by atoms with E-state index in [1.807, 2.05) is 30.3 Å². The van der Waals surface area contributed by atoms with Crippen LogP contribution in [0.5, 0.6) is 5.75 Å². The molecular formula is C18H11ClN4O2S2. The van der Waals surface area contributed by atoms with Crippen molar-refractivity contribution in [2.75, 3.05) is 5.32 Å². The van der Waals surface area contributed by atoms with Crippen molar-refractivity contribution in [3.05, 3.63) is 65.8 Å². The Morgan fingerprint density at radius 2 is 1.96 bits per heavy atom. The molecule has 0 aliphatic rings. The van der Waals surface area contributed by atoms with Crippen molar-refractivity contribution in [3.63, 3.8) is 0 Å². The molecule has 27 heavy (non-hydrogen) atoms. The summed E-state index contributed by atoms with van der Waals surface area (Å²) in [6.07, 6.45) is 1.11. The molecule has 6 nitrogen and oxygen atoms in total. The Morgan fingerprint density at radius 1 is 1.11 bits per heavy atom. The van der Waals surface area contributed by atoms with Crippen molar-refractivity contribution in [1.29, 1.82) is 0 Å². The van der Waals surface area contributed by atoms with Gasteiger partial charge in [-0.2, -0.15) is 0 Å². The summed E-state index contributed by atoms with van der Waals surface area (Å²) in [4.78, 5) is 17.2. The summed E-state index contributed by atoms with van der Waals surface area (Å²) < 4.78 is 5.86. The van der Waals surface area contributed by atoms with E-state index in [4.69, 9.17) is 16.3 Å². The second-order valence-corrected chi connectivity index (χ2v) is 7.98. The van der Waals surface area contributed by atoms with Gasteiger partial charge < -0.3 is 4.74 Å². The molecule has 0 aliphatic carbocycles. The molecule has 4 aromatic rings. The van der Waals surface area contributed by atoms with Crippen LogP contribution >= 0.6 is 34.7 Å². The first-order valence-corrected chi connectivity index (χ1v) is 9.78. The van der Waals surface area contributed by atoms with Crippen LogP contribution in [0, 0.1) is 0 Å². The number of pyridine rings is 1. The third kappa shape index (κ3) is 4.36. The Labute approximate surface area is 167 Å².